The first-order chi connectivity index (χ1) is 12.3. The second kappa shape index (κ2) is 7.29. The van der Waals surface area contributed by atoms with Gasteiger partial charge in [-0.1, -0.05) is 38.1 Å². The van der Waals surface area contributed by atoms with Gasteiger partial charge in [0, 0.05) is 0 Å². The third-order valence-electron chi connectivity index (χ3n) is 3.62. The Labute approximate surface area is 153 Å². The second-order valence-corrected chi connectivity index (χ2v) is 8.18. The van der Waals surface area contributed by atoms with Crippen LogP contribution in [-0.4, -0.2) is 25.0 Å². The first kappa shape index (κ1) is 18.1. The van der Waals surface area contributed by atoms with Crippen LogP contribution in [0, 0.1) is 12.8 Å². The average Bonchev–Trinajstić information content (AvgIpc) is 2.59. The van der Waals surface area contributed by atoms with Crippen LogP contribution in [0.15, 0.2) is 53.4 Å². The van der Waals surface area contributed by atoms with Crippen LogP contribution in [0.4, 0.5) is 5.82 Å². The van der Waals surface area contributed by atoms with Crippen molar-refractivity contribution in [2.45, 2.75) is 25.7 Å². The zero-order valence-corrected chi connectivity index (χ0v) is 15.7. The molecule has 26 heavy (non-hydrogen) atoms. The molecule has 0 saturated heterocycles. The van der Waals surface area contributed by atoms with Gasteiger partial charge in [0.2, 0.25) is 5.82 Å². The number of benzene rings is 2. The van der Waals surface area contributed by atoms with Gasteiger partial charge < -0.3 is 4.74 Å². The van der Waals surface area contributed by atoms with E-state index in [0.717, 1.165) is 5.56 Å². The summed E-state index contributed by atoms with van der Waals surface area (Å²) < 4.78 is 33.7. The molecule has 1 heterocycles. The Bertz CT molecular complexity index is 1030. The summed E-state index contributed by atoms with van der Waals surface area (Å²) in [5, 5.41) is 0. The molecule has 0 aliphatic rings. The van der Waals surface area contributed by atoms with Gasteiger partial charge in [-0.05, 0) is 42.7 Å². The lowest BCUT2D eigenvalue weighted by atomic mass is 10.2. The third-order valence-corrected chi connectivity index (χ3v) is 4.96. The first-order valence-corrected chi connectivity index (χ1v) is 9.82. The van der Waals surface area contributed by atoms with Crippen LogP contribution in [0.5, 0.6) is 5.88 Å². The van der Waals surface area contributed by atoms with Gasteiger partial charge in [0.1, 0.15) is 0 Å². The Morgan fingerprint density at radius 1 is 1.04 bits per heavy atom. The molecule has 0 fully saturated rings. The molecule has 0 unspecified atom stereocenters. The Morgan fingerprint density at radius 3 is 2.38 bits per heavy atom. The third kappa shape index (κ3) is 4.11. The maximum absolute atomic E-state index is 12.7. The van der Waals surface area contributed by atoms with Gasteiger partial charge in [0.25, 0.3) is 15.9 Å². The van der Waals surface area contributed by atoms with E-state index in [9.17, 15) is 8.42 Å². The van der Waals surface area contributed by atoms with Gasteiger partial charge >= 0.3 is 0 Å². The van der Waals surface area contributed by atoms with E-state index in [1.54, 1.807) is 24.3 Å². The summed E-state index contributed by atoms with van der Waals surface area (Å²) in [6.45, 7) is 6.26. The highest BCUT2D eigenvalue weighted by atomic mass is 32.2. The molecule has 2 aromatic carbocycles. The molecule has 0 aliphatic carbocycles. The minimum absolute atomic E-state index is 0.0888. The lowest BCUT2D eigenvalue weighted by Crippen LogP contribution is -2.16. The monoisotopic (exact) mass is 371 g/mol. The normalized spacial score (nSPS) is 11.7. The molecule has 0 saturated carbocycles. The van der Waals surface area contributed by atoms with Gasteiger partial charge in [-0.2, -0.15) is 0 Å². The molecule has 0 amide bonds. The predicted octanol–water partition coefficient (Wildman–Crippen LogP) is 3.77. The van der Waals surface area contributed by atoms with Crippen molar-refractivity contribution in [1.82, 2.24) is 9.97 Å². The van der Waals surface area contributed by atoms with Gasteiger partial charge in [-0.15, -0.1) is 0 Å². The minimum atomic E-state index is -3.80. The highest BCUT2D eigenvalue weighted by Gasteiger charge is 2.20. The zero-order valence-electron chi connectivity index (χ0n) is 14.9. The number of sulfonamides is 1. The molecule has 3 rings (SSSR count). The maximum Gasteiger partial charge on any atom is 0.263 e. The molecule has 0 aliphatic heterocycles. The summed E-state index contributed by atoms with van der Waals surface area (Å²) in [6, 6.07) is 13.9. The molecule has 136 valence electrons. The predicted molar refractivity (Wildman–Crippen MR) is 102 cm³/mol. The topological polar surface area (TPSA) is 81.2 Å². The van der Waals surface area contributed by atoms with Gasteiger partial charge in [-0.3, -0.25) is 4.72 Å². The fraction of sp³-hybridized carbons (Fsp3) is 0.263. The molecular weight excluding hydrogens is 350 g/mol. The van der Waals surface area contributed by atoms with Crippen molar-refractivity contribution in [3.63, 3.8) is 0 Å². The standard InChI is InChI=1S/C19H21N3O3S/c1-13(2)12-25-19-18(20-16-9-4-5-10-17(16)21-19)22-26(23,24)15-8-6-7-14(3)11-15/h4-11,13H,12H2,1-3H3,(H,20,22). The smallest absolute Gasteiger partial charge is 0.263 e. The van der Waals surface area contributed by atoms with Crippen LogP contribution >= 0.6 is 0 Å². The number of aromatic nitrogens is 2. The summed E-state index contributed by atoms with van der Waals surface area (Å²) in [5.74, 6) is 0.531. The number of rotatable bonds is 6. The van der Waals surface area contributed by atoms with Crippen molar-refractivity contribution in [3.05, 3.63) is 54.1 Å². The number of nitrogens with one attached hydrogen (secondary N) is 1. The van der Waals surface area contributed by atoms with Crippen LogP contribution in [0.2, 0.25) is 0 Å². The Morgan fingerprint density at radius 2 is 1.73 bits per heavy atom. The van der Waals surface area contributed by atoms with E-state index in [0.29, 0.717) is 17.6 Å². The molecular formula is C19H21N3O3S. The van der Waals surface area contributed by atoms with Crippen LogP contribution < -0.4 is 9.46 Å². The molecule has 0 atom stereocenters. The fourth-order valence-electron chi connectivity index (χ4n) is 2.37. The minimum Gasteiger partial charge on any atom is -0.475 e. The SMILES string of the molecule is Cc1cccc(S(=O)(=O)Nc2nc3ccccc3nc2OCC(C)C)c1. The first-order valence-electron chi connectivity index (χ1n) is 8.34. The molecule has 0 bridgehead atoms. The molecule has 3 aromatic rings. The van der Waals surface area contributed by atoms with E-state index in [2.05, 4.69) is 14.7 Å². The molecule has 1 aromatic heterocycles. The number of hydrogen-bond donors (Lipinski definition) is 1. The quantitative estimate of drug-likeness (QED) is 0.713. The largest absolute Gasteiger partial charge is 0.475 e. The Kier molecular flexibility index (Phi) is 5.08. The summed E-state index contributed by atoms with van der Waals surface area (Å²) in [7, 11) is -3.80. The maximum atomic E-state index is 12.7. The molecule has 6 nitrogen and oxygen atoms in total. The summed E-state index contributed by atoms with van der Waals surface area (Å²) in [4.78, 5) is 9.01. The van der Waals surface area contributed by atoms with Crippen LogP contribution in [0.3, 0.4) is 0 Å². The summed E-state index contributed by atoms with van der Waals surface area (Å²) in [5.41, 5.74) is 2.09. The van der Waals surface area contributed by atoms with Crippen LogP contribution in [0.1, 0.15) is 19.4 Å². The van der Waals surface area contributed by atoms with Crippen LogP contribution in [0.25, 0.3) is 11.0 Å². The van der Waals surface area contributed by atoms with E-state index < -0.39 is 10.0 Å². The van der Waals surface area contributed by atoms with E-state index in [4.69, 9.17) is 4.74 Å². The summed E-state index contributed by atoms with van der Waals surface area (Å²) in [6.07, 6.45) is 0. The van der Waals surface area contributed by atoms with Crippen molar-refractivity contribution >= 4 is 26.9 Å². The second-order valence-electron chi connectivity index (χ2n) is 6.49. The number of anilines is 1. The van der Waals surface area contributed by atoms with Crippen molar-refractivity contribution in [1.29, 1.82) is 0 Å². The lowest BCUT2D eigenvalue weighted by molar-refractivity contribution is 0.263. The molecule has 0 radical (unpaired) electrons. The van der Waals surface area contributed by atoms with Gasteiger partial charge in [-0.25, -0.2) is 18.4 Å². The van der Waals surface area contributed by atoms with Crippen molar-refractivity contribution in [2.75, 3.05) is 11.3 Å². The number of ether oxygens (including phenoxy) is 1. The molecule has 1 N–H and O–H groups in total. The number of nitrogens with zero attached hydrogens (tertiary/aromatic N) is 2. The number of fused-ring (bicyclic) bond motifs is 1. The average molecular weight is 371 g/mol. The van der Waals surface area contributed by atoms with Crippen molar-refractivity contribution < 1.29 is 13.2 Å². The number of aryl methyl sites for hydroxylation is 1. The highest BCUT2D eigenvalue weighted by molar-refractivity contribution is 7.92. The van der Waals surface area contributed by atoms with Gasteiger partial charge in [0.05, 0.1) is 22.5 Å². The Hall–Kier alpha value is -2.67. The lowest BCUT2D eigenvalue weighted by Gasteiger charge is -2.14. The van der Waals surface area contributed by atoms with Gasteiger partial charge in [0.15, 0.2) is 0 Å². The number of hydrogen-bond acceptors (Lipinski definition) is 5. The van der Waals surface area contributed by atoms with Crippen LogP contribution in [-0.2, 0) is 10.0 Å². The highest BCUT2D eigenvalue weighted by Crippen LogP contribution is 2.26. The van der Waals surface area contributed by atoms with Crippen molar-refractivity contribution in [3.8, 4) is 5.88 Å². The molecule has 0 spiro atoms. The van der Waals surface area contributed by atoms with E-state index in [1.807, 2.05) is 45.0 Å². The van der Waals surface area contributed by atoms with E-state index in [-0.39, 0.29) is 22.5 Å². The van der Waals surface area contributed by atoms with Crippen molar-refractivity contribution in [2.24, 2.45) is 5.92 Å². The van der Waals surface area contributed by atoms with E-state index in [1.165, 1.54) is 0 Å². The Balaban J connectivity index is 2.03. The molecule has 7 heteroatoms. The number of para-hydroxylation sites is 2. The summed E-state index contributed by atoms with van der Waals surface area (Å²) >= 11 is 0. The fourth-order valence-corrected chi connectivity index (χ4v) is 3.47. The zero-order chi connectivity index (χ0) is 18.7. The van der Waals surface area contributed by atoms with E-state index >= 15 is 0 Å².